The summed E-state index contributed by atoms with van der Waals surface area (Å²) in [6.45, 7) is 4.56. The quantitative estimate of drug-likeness (QED) is 0.846. The minimum atomic E-state index is -0.251. The van der Waals surface area contributed by atoms with Gasteiger partial charge in [0.1, 0.15) is 5.69 Å². The van der Waals surface area contributed by atoms with Crippen molar-refractivity contribution in [3.63, 3.8) is 0 Å². The Morgan fingerprint density at radius 1 is 1.39 bits per heavy atom. The molecule has 8 nitrogen and oxygen atoms in total. The van der Waals surface area contributed by atoms with E-state index in [1.165, 1.54) is 19.2 Å². The molecular formula is C15H19N5O3. The Hall–Kier alpha value is -2.51. The average Bonchev–Trinajstić information content (AvgIpc) is 3.17. The number of carbonyl (C=O) groups excluding carboxylic acids is 1. The minimum Gasteiger partial charge on any atom is -0.339 e. The molecule has 0 saturated carbocycles. The van der Waals surface area contributed by atoms with Crippen LogP contribution in [0.4, 0.5) is 0 Å². The van der Waals surface area contributed by atoms with Gasteiger partial charge in [0.2, 0.25) is 5.89 Å². The van der Waals surface area contributed by atoms with Crippen molar-refractivity contribution < 1.29 is 9.32 Å². The molecule has 1 aliphatic rings. The van der Waals surface area contributed by atoms with Gasteiger partial charge in [0.05, 0.1) is 6.04 Å². The predicted octanol–water partition coefficient (Wildman–Crippen LogP) is 1.26. The van der Waals surface area contributed by atoms with Crippen LogP contribution in [0.15, 0.2) is 21.5 Å². The van der Waals surface area contributed by atoms with E-state index in [2.05, 4.69) is 15.2 Å². The molecule has 1 aliphatic heterocycles. The van der Waals surface area contributed by atoms with Gasteiger partial charge in [-0.1, -0.05) is 19.0 Å². The second kappa shape index (κ2) is 5.94. The Morgan fingerprint density at radius 3 is 2.83 bits per heavy atom. The van der Waals surface area contributed by atoms with Crippen LogP contribution in [0, 0.1) is 0 Å². The molecule has 1 amide bonds. The van der Waals surface area contributed by atoms with Crippen molar-refractivity contribution in [2.45, 2.75) is 38.6 Å². The van der Waals surface area contributed by atoms with Crippen molar-refractivity contribution in [3.8, 4) is 0 Å². The Kier molecular flexibility index (Phi) is 3.97. The first-order valence-electron chi connectivity index (χ1n) is 7.66. The average molecular weight is 317 g/mol. The molecule has 2 aromatic rings. The number of rotatable bonds is 3. The highest BCUT2D eigenvalue weighted by Crippen LogP contribution is 2.31. The van der Waals surface area contributed by atoms with Gasteiger partial charge in [0, 0.05) is 25.6 Å². The lowest BCUT2D eigenvalue weighted by Crippen LogP contribution is -2.33. The number of amides is 1. The summed E-state index contributed by atoms with van der Waals surface area (Å²) in [5, 5.41) is 8.05. The molecule has 0 spiro atoms. The topological polar surface area (TPSA) is 94.1 Å². The van der Waals surface area contributed by atoms with Gasteiger partial charge in [0.25, 0.3) is 11.5 Å². The van der Waals surface area contributed by atoms with E-state index >= 15 is 0 Å². The fourth-order valence-electron chi connectivity index (χ4n) is 2.66. The highest BCUT2D eigenvalue weighted by molar-refractivity contribution is 5.92. The van der Waals surface area contributed by atoms with Crippen molar-refractivity contribution in [1.29, 1.82) is 0 Å². The first-order chi connectivity index (χ1) is 11.0. The summed E-state index contributed by atoms with van der Waals surface area (Å²) in [6.07, 6.45) is 1.66. The third-order valence-corrected chi connectivity index (χ3v) is 3.94. The summed E-state index contributed by atoms with van der Waals surface area (Å²) in [5.74, 6) is 1.02. The molecule has 0 bridgehead atoms. The molecule has 23 heavy (non-hydrogen) atoms. The molecule has 1 saturated heterocycles. The van der Waals surface area contributed by atoms with Crippen LogP contribution in [0.25, 0.3) is 0 Å². The van der Waals surface area contributed by atoms with E-state index in [-0.39, 0.29) is 29.1 Å². The highest BCUT2D eigenvalue weighted by atomic mass is 16.5. The molecule has 122 valence electrons. The molecule has 1 fully saturated rings. The maximum atomic E-state index is 12.7. The monoisotopic (exact) mass is 317 g/mol. The lowest BCUT2D eigenvalue weighted by molar-refractivity contribution is 0.0719. The van der Waals surface area contributed by atoms with Gasteiger partial charge in [-0.15, -0.1) is 0 Å². The van der Waals surface area contributed by atoms with E-state index in [9.17, 15) is 9.59 Å². The van der Waals surface area contributed by atoms with Crippen molar-refractivity contribution in [2.75, 3.05) is 6.54 Å². The maximum Gasteiger partial charge on any atom is 0.274 e. The normalized spacial score (nSPS) is 17.9. The summed E-state index contributed by atoms with van der Waals surface area (Å²) in [6, 6.07) is 2.59. The predicted molar refractivity (Wildman–Crippen MR) is 80.9 cm³/mol. The molecule has 3 rings (SSSR count). The number of hydrogen-bond acceptors (Lipinski definition) is 6. The zero-order valence-corrected chi connectivity index (χ0v) is 13.4. The maximum absolute atomic E-state index is 12.7. The number of nitrogens with zero attached hydrogens (tertiary/aromatic N) is 5. The second-order valence-corrected chi connectivity index (χ2v) is 5.98. The van der Waals surface area contributed by atoms with Crippen LogP contribution in [0.5, 0.6) is 0 Å². The van der Waals surface area contributed by atoms with Crippen LogP contribution >= 0.6 is 0 Å². The van der Waals surface area contributed by atoms with Crippen molar-refractivity contribution in [3.05, 3.63) is 39.9 Å². The smallest absolute Gasteiger partial charge is 0.274 e. The molecule has 1 unspecified atom stereocenters. The Bertz CT molecular complexity index is 779. The molecule has 1 atom stereocenters. The molecule has 0 N–H and O–H groups in total. The molecule has 0 aliphatic carbocycles. The van der Waals surface area contributed by atoms with Gasteiger partial charge in [-0.2, -0.15) is 10.1 Å². The van der Waals surface area contributed by atoms with E-state index in [1.54, 1.807) is 4.90 Å². The zero-order chi connectivity index (χ0) is 16.6. The van der Waals surface area contributed by atoms with E-state index in [0.717, 1.165) is 17.5 Å². The van der Waals surface area contributed by atoms with Crippen LogP contribution in [0.3, 0.4) is 0 Å². The number of aromatic nitrogens is 4. The van der Waals surface area contributed by atoms with Crippen LogP contribution in [-0.4, -0.2) is 37.3 Å². The van der Waals surface area contributed by atoms with Crippen molar-refractivity contribution in [2.24, 2.45) is 7.05 Å². The third kappa shape index (κ3) is 2.88. The minimum absolute atomic E-state index is 0.145. The Balaban J connectivity index is 1.86. The molecule has 2 aromatic heterocycles. The zero-order valence-electron chi connectivity index (χ0n) is 13.4. The first-order valence-corrected chi connectivity index (χ1v) is 7.66. The highest BCUT2D eigenvalue weighted by Gasteiger charge is 2.34. The summed E-state index contributed by atoms with van der Waals surface area (Å²) >= 11 is 0. The Labute approximate surface area is 133 Å². The fraction of sp³-hybridized carbons (Fsp3) is 0.533. The van der Waals surface area contributed by atoms with Gasteiger partial charge in [0.15, 0.2) is 5.82 Å². The van der Waals surface area contributed by atoms with Gasteiger partial charge in [-0.25, -0.2) is 4.68 Å². The molecule has 3 heterocycles. The lowest BCUT2D eigenvalue weighted by atomic mass is 10.2. The van der Waals surface area contributed by atoms with Crippen LogP contribution < -0.4 is 5.56 Å². The van der Waals surface area contributed by atoms with Gasteiger partial charge in [-0.05, 0) is 18.9 Å². The summed E-state index contributed by atoms with van der Waals surface area (Å²) in [5.41, 5.74) is -0.00848. The largest absolute Gasteiger partial charge is 0.339 e. The van der Waals surface area contributed by atoms with Gasteiger partial charge in [-0.3, -0.25) is 9.59 Å². The molecular weight excluding hydrogens is 298 g/mol. The van der Waals surface area contributed by atoms with E-state index in [0.29, 0.717) is 18.3 Å². The van der Waals surface area contributed by atoms with E-state index in [1.807, 2.05) is 13.8 Å². The van der Waals surface area contributed by atoms with Crippen LogP contribution in [0.1, 0.15) is 60.9 Å². The standard InChI is InChI=1S/C15H19N5O3/c1-9(2)14-16-13(18-23-14)11-5-4-8-20(11)15(22)10-6-7-12(21)19(3)17-10/h6-7,9,11H,4-5,8H2,1-3H3. The van der Waals surface area contributed by atoms with Crippen molar-refractivity contribution in [1.82, 2.24) is 24.8 Å². The van der Waals surface area contributed by atoms with Gasteiger partial charge < -0.3 is 9.42 Å². The second-order valence-electron chi connectivity index (χ2n) is 5.98. The Morgan fingerprint density at radius 2 is 2.17 bits per heavy atom. The molecule has 8 heteroatoms. The molecule has 0 aromatic carbocycles. The first kappa shape index (κ1) is 15.4. The number of likely N-dealkylation sites (tertiary alicyclic amines) is 1. The molecule has 0 radical (unpaired) electrons. The van der Waals surface area contributed by atoms with Crippen LogP contribution in [0.2, 0.25) is 0 Å². The SMILES string of the molecule is CC(C)c1nc(C2CCCN2C(=O)c2ccc(=O)n(C)n2)no1. The van der Waals surface area contributed by atoms with E-state index in [4.69, 9.17) is 4.52 Å². The lowest BCUT2D eigenvalue weighted by Gasteiger charge is -2.21. The number of hydrogen-bond donors (Lipinski definition) is 0. The fourth-order valence-corrected chi connectivity index (χ4v) is 2.66. The number of carbonyl (C=O) groups is 1. The summed E-state index contributed by atoms with van der Waals surface area (Å²) < 4.78 is 6.40. The third-order valence-electron chi connectivity index (χ3n) is 3.94. The van der Waals surface area contributed by atoms with E-state index < -0.39 is 0 Å². The van der Waals surface area contributed by atoms with Crippen LogP contribution in [-0.2, 0) is 7.05 Å². The van der Waals surface area contributed by atoms with Gasteiger partial charge >= 0.3 is 0 Å². The summed E-state index contributed by atoms with van der Waals surface area (Å²) in [4.78, 5) is 30.2. The van der Waals surface area contributed by atoms with Crippen molar-refractivity contribution >= 4 is 5.91 Å². The number of aryl methyl sites for hydroxylation is 1. The summed E-state index contributed by atoms with van der Waals surface area (Å²) in [7, 11) is 1.52.